The van der Waals surface area contributed by atoms with Gasteiger partial charge in [-0.15, -0.1) is 0 Å². The van der Waals surface area contributed by atoms with Crippen molar-refractivity contribution in [3.63, 3.8) is 0 Å². The SMILES string of the molecule is Cc1c2ccccc2cc2c3c(ccc12)[C@H](O)[C@@H](O)C=C3. The molecule has 0 aliphatic heterocycles. The summed E-state index contributed by atoms with van der Waals surface area (Å²) in [4.78, 5) is 0. The van der Waals surface area contributed by atoms with Gasteiger partial charge >= 0.3 is 0 Å². The summed E-state index contributed by atoms with van der Waals surface area (Å²) in [6.45, 7) is 2.13. The van der Waals surface area contributed by atoms with Gasteiger partial charge in [-0.05, 0) is 51.2 Å². The molecule has 21 heavy (non-hydrogen) atoms. The lowest BCUT2D eigenvalue weighted by atomic mass is 9.86. The van der Waals surface area contributed by atoms with E-state index in [0.717, 1.165) is 16.5 Å². The highest BCUT2D eigenvalue weighted by Gasteiger charge is 2.23. The van der Waals surface area contributed by atoms with Crippen LogP contribution in [0.4, 0.5) is 0 Å². The van der Waals surface area contributed by atoms with Gasteiger partial charge in [0.1, 0.15) is 12.2 Å². The summed E-state index contributed by atoms with van der Waals surface area (Å²) in [6, 6.07) is 14.5. The molecule has 0 saturated carbocycles. The minimum Gasteiger partial charge on any atom is -0.386 e. The Morgan fingerprint density at radius 1 is 0.905 bits per heavy atom. The van der Waals surface area contributed by atoms with E-state index in [9.17, 15) is 10.2 Å². The van der Waals surface area contributed by atoms with Gasteiger partial charge in [-0.3, -0.25) is 0 Å². The molecule has 2 N–H and O–H groups in total. The van der Waals surface area contributed by atoms with Gasteiger partial charge in [-0.1, -0.05) is 48.6 Å². The Kier molecular flexibility index (Phi) is 2.64. The predicted molar refractivity (Wildman–Crippen MR) is 86.2 cm³/mol. The number of rotatable bonds is 0. The third-order valence-electron chi connectivity index (χ3n) is 4.49. The maximum Gasteiger partial charge on any atom is 0.109 e. The zero-order chi connectivity index (χ0) is 14.6. The van der Waals surface area contributed by atoms with Gasteiger partial charge in [-0.25, -0.2) is 0 Å². The zero-order valence-electron chi connectivity index (χ0n) is 11.7. The molecule has 1 aliphatic carbocycles. The Balaban J connectivity index is 2.15. The Morgan fingerprint density at radius 2 is 1.71 bits per heavy atom. The lowest BCUT2D eigenvalue weighted by molar-refractivity contribution is 0.0471. The summed E-state index contributed by atoms with van der Waals surface area (Å²) < 4.78 is 0. The summed E-state index contributed by atoms with van der Waals surface area (Å²) in [7, 11) is 0. The summed E-state index contributed by atoms with van der Waals surface area (Å²) in [5.74, 6) is 0. The molecular formula is C19H16O2. The van der Waals surface area contributed by atoms with E-state index in [1.807, 2.05) is 24.3 Å². The van der Waals surface area contributed by atoms with Crippen LogP contribution in [0.5, 0.6) is 0 Å². The minimum atomic E-state index is -0.846. The van der Waals surface area contributed by atoms with Crippen LogP contribution in [0.1, 0.15) is 22.8 Å². The Morgan fingerprint density at radius 3 is 2.57 bits per heavy atom. The highest BCUT2D eigenvalue weighted by Crippen LogP contribution is 2.37. The minimum absolute atomic E-state index is 0.798. The van der Waals surface area contributed by atoms with Crippen LogP contribution in [-0.4, -0.2) is 16.3 Å². The van der Waals surface area contributed by atoms with E-state index in [2.05, 4.69) is 31.2 Å². The van der Waals surface area contributed by atoms with Crippen LogP contribution in [0.3, 0.4) is 0 Å². The number of fused-ring (bicyclic) bond motifs is 4. The Bertz CT molecular complexity index is 893. The van der Waals surface area contributed by atoms with Crippen LogP contribution < -0.4 is 0 Å². The number of aliphatic hydroxyl groups is 2. The van der Waals surface area contributed by atoms with Crippen molar-refractivity contribution < 1.29 is 10.2 Å². The number of hydrogen-bond donors (Lipinski definition) is 2. The fourth-order valence-corrected chi connectivity index (χ4v) is 3.33. The van der Waals surface area contributed by atoms with Gasteiger partial charge in [0.25, 0.3) is 0 Å². The first kappa shape index (κ1) is 12.6. The number of hydrogen-bond acceptors (Lipinski definition) is 2. The molecule has 2 heteroatoms. The number of aryl methyl sites for hydroxylation is 1. The summed E-state index contributed by atoms with van der Waals surface area (Å²) in [6.07, 6.45) is 1.91. The lowest BCUT2D eigenvalue weighted by Gasteiger charge is -2.23. The third kappa shape index (κ3) is 1.73. The van der Waals surface area contributed by atoms with Crippen molar-refractivity contribution in [3.05, 3.63) is 65.2 Å². The second-order valence-corrected chi connectivity index (χ2v) is 5.68. The van der Waals surface area contributed by atoms with E-state index in [-0.39, 0.29) is 0 Å². The van der Waals surface area contributed by atoms with Gasteiger partial charge in [-0.2, -0.15) is 0 Å². The van der Waals surface area contributed by atoms with Crippen molar-refractivity contribution in [2.45, 2.75) is 19.1 Å². The highest BCUT2D eigenvalue weighted by atomic mass is 16.3. The van der Waals surface area contributed by atoms with Gasteiger partial charge in [0, 0.05) is 0 Å². The number of aliphatic hydroxyl groups excluding tert-OH is 2. The molecule has 3 aromatic rings. The summed E-state index contributed by atoms with van der Waals surface area (Å²) in [5.41, 5.74) is 3.06. The van der Waals surface area contributed by atoms with E-state index >= 15 is 0 Å². The van der Waals surface area contributed by atoms with Gasteiger partial charge in [0.2, 0.25) is 0 Å². The molecule has 1 aliphatic rings. The molecule has 0 saturated heterocycles. The number of benzene rings is 3. The smallest absolute Gasteiger partial charge is 0.109 e. The fourth-order valence-electron chi connectivity index (χ4n) is 3.33. The van der Waals surface area contributed by atoms with Crippen LogP contribution in [0.25, 0.3) is 27.6 Å². The molecule has 0 radical (unpaired) electrons. The van der Waals surface area contributed by atoms with E-state index in [0.29, 0.717) is 0 Å². The summed E-state index contributed by atoms with van der Waals surface area (Å²) in [5, 5.41) is 24.7. The largest absolute Gasteiger partial charge is 0.386 e. The van der Waals surface area contributed by atoms with Crippen molar-refractivity contribution in [2.75, 3.05) is 0 Å². The van der Waals surface area contributed by atoms with Gasteiger partial charge < -0.3 is 10.2 Å². The van der Waals surface area contributed by atoms with E-state index < -0.39 is 12.2 Å². The third-order valence-corrected chi connectivity index (χ3v) is 4.49. The van der Waals surface area contributed by atoms with Crippen LogP contribution in [-0.2, 0) is 0 Å². The molecule has 0 amide bonds. The first-order chi connectivity index (χ1) is 10.2. The molecule has 2 atom stereocenters. The van der Waals surface area contributed by atoms with Crippen molar-refractivity contribution >= 4 is 27.6 Å². The molecule has 4 rings (SSSR count). The first-order valence-electron chi connectivity index (χ1n) is 7.16. The van der Waals surface area contributed by atoms with Gasteiger partial charge in [0.05, 0.1) is 0 Å². The average Bonchev–Trinajstić information content (AvgIpc) is 2.51. The zero-order valence-corrected chi connectivity index (χ0v) is 11.7. The van der Waals surface area contributed by atoms with Crippen molar-refractivity contribution in [1.29, 1.82) is 0 Å². The molecule has 0 unspecified atom stereocenters. The van der Waals surface area contributed by atoms with Crippen LogP contribution in [0.2, 0.25) is 0 Å². The molecule has 104 valence electrons. The average molecular weight is 276 g/mol. The predicted octanol–water partition coefficient (Wildman–Crippen LogP) is 3.72. The highest BCUT2D eigenvalue weighted by molar-refractivity contribution is 6.05. The first-order valence-corrected chi connectivity index (χ1v) is 7.16. The quantitative estimate of drug-likeness (QED) is 0.614. The van der Waals surface area contributed by atoms with Crippen molar-refractivity contribution in [2.24, 2.45) is 0 Å². The van der Waals surface area contributed by atoms with E-state index in [1.165, 1.54) is 21.7 Å². The Hall–Kier alpha value is -2.16. The van der Waals surface area contributed by atoms with Gasteiger partial charge in [0.15, 0.2) is 0 Å². The van der Waals surface area contributed by atoms with Crippen LogP contribution in [0.15, 0.2) is 48.5 Å². The molecule has 0 aromatic heterocycles. The molecule has 0 spiro atoms. The summed E-state index contributed by atoms with van der Waals surface area (Å²) >= 11 is 0. The Labute approximate surface area is 123 Å². The molecule has 0 heterocycles. The van der Waals surface area contributed by atoms with E-state index in [4.69, 9.17) is 0 Å². The second-order valence-electron chi connectivity index (χ2n) is 5.68. The molecule has 2 nitrogen and oxygen atoms in total. The maximum absolute atomic E-state index is 10.2. The fraction of sp³-hybridized carbons (Fsp3) is 0.158. The normalized spacial score (nSPS) is 20.9. The molecular weight excluding hydrogens is 260 g/mol. The molecule has 0 fully saturated rings. The van der Waals surface area contributed by atoms with Crippen LogP contribution in [0, 0.1) is 6.92 Å². The van der Waals surface area contributed by atoms with Crippen LogP contribution >= 0.6 is 0 Å². The van der Waals surface area contributed by atoms with Crippen molar-refractivity contribution in [1.82, 2.24) is 0 Å². The van der Waals surface area contributed by atoms with E-state index in [1.54, 1.807) is 6.08 Å². The second kappa shape index (κ2) is 4.42. The van der Waals surface area contributed by atoms with Crippen molar-refractivity contribution in [3.8, 4) is 0 Å². The molecule has 3 aromatic carbocycles. The lowest BCUT2D eigenvalue weighted by Crippen LogP contribution is -2.19. The molecule has 0 bridgehead atoms. The standard InChI is InChI=1S/C19H16O2/c1-11-13-5-3-2-4-12(13)10-17-14(11)6-7-16-15(17)8-9-18(20)19(16)21/h2-10,18-21H,1H3/t18-,19-/m0/s1. The maximum atomic E-state index is 10.2. The monoisotopic (exact) mass is 276 g/mol. The topological polar surface area (TPSA) is 40.5 Å².